The van der Waals surface area contributed by atoms with E-state index in [9.17, 15) is 55.5 Å². The molecule has 2 atom stereocenters. The second-order valence-electron chi connectivity index (χ2n) is 20.9. The third-order valence-electron chi connectivity index (χ3n) is 14.2. The van der Waals surface area contributed by atoms with E-state index in [1.807, 2.05) is 0 Å². The van der Waals surface area contributed by atoms with Gasteiger partial charge in [-0.05, 0) is 78.7 Å². The number of nitrogens with one attached hydrogen (secondary N) is 5. The molecular weight excluding hydrogens is 1280 g/mol. The van der Waals surface area contributed by atoms with Gasteiger partial charge < -0.3 is 83.0 Å². The number of hydrogen-bond donors (Lipinski definition) is 5. The Morgan fingerprint density at radius 1 is 0.521 bits per heavy atom. The molecule has 1 unspecified atom stereocenters. The van der Waals surface area contributed by atoms with Crippen LogP contribution in [0.5, 0.6) is 0 Å². The van der Waals surface area contributed by atoms with E-state index in [1.54, 1.807) is 18.2 Å². The lowest BCUT2D eigenvalue weighted by Gasteiger charge is -2.29. The van der Waals surface area contributed by atoms with Gasteiger partial charge in [0.15, 0.2) is 0 Å². The Balaban J connectivity index is 0.587. The first kappa shape index (κ1) is 74.2. The van der Waals surface area contributed by atoms with Crippen molar-refractivity contribution in [3.05, 3.63) is 133 Å². The summed E-state index contributed by atoms with van der Waals surface area (Å²) in [6.07, 6.45) is -4.54. The molecule has 1 saturated heterocycles. The van der Waals surface area contributed by atoms with Crippen LogP contribution in [-0.4, -0.2) is 224 Å². The Morgan fingerprint density at radius 2 is 0.989 bits per heavy atom. The maximum absolute atomic E-state index is 14.4. The molecule has 31 heteroatoms. The number of halogens is 6. The molecule has 4 aromatic rings. The van der Waals surface area contributed by atoms with E-state index in [4.69, 9.17) is 68.4 Å². The molecule has 7 rings (SSSR count). The minimum atomic E-state index is -4.97. The number of nitrogens with zero attached hydrogens (tertiary/aromatic N) is 1. The molecule has 0 radical (unpaired) electrons. The summed E-state index contributed by atoms with van der Waals surface area (Å²) in [4.78, 5) is 90.7. The molecule has 3 aliphatic heterocycles. The molecule has 0 bridgehead atoms. The normalized spacial score (nSPS) is 15.3. The number of benzene rings is 4. The number of fused-ring (bicyclic) bond motifs is 2. The topological polar surface area (TPSA) is 294 Å². The van der Waals surface area contributed by atoms with Crippen molar-refractivity contribution in [2.75, 3.05) is 177 Å². The molecule has 4 aromatic carbocycles. The molecule has 25 nitrogen and oxygen atoms in total. The first-order chi connectivity index (χ1) is 45.5. The summed E-state index contributed by atoms with van der Waals surface area (Å²) in [6.45, 7) is 8.86. The average molecular weight is 1350 g/mol. The Labute approximate surface area is 543 Å². The fraction of sp³-hybridized carbons (Fsp3) is 0.508. The molecule has 1 fully saturated rings. The van der Waals surface area contributed by atoms with E-state index in [0.717, 1.165) is 12.1 Å². The van der Waals surface area contributed by atoms with Gasteiger partial charge in [0, 0.05) is 75.7 Å². The molecule has 0 aromatic heterocycles. The van der Waals surface area contributed by atoms with Crippen LogP contribution in [0.4, 0.5) is 27.6 Å². The van der Waals surface area contributed by atoms with Crippen molar-refractivity contribution in [3.8, 4) is 0 Å². The van der Waals surface area contributed by atoms with Crippen LogP contribution in [0.3, 0.4) is 0 Å². The average Bonchev–Trinajstić information content (AvgIpc) is 1.57. The zero-order valence-electron chi connectivity index (χ0n) is 51.5. The SMILES string of the molecule is O=C1CCC(N2Cc3cc(C(=O)NCCOCCOCCOCCOCCOCCOCCOCCOCCOCCOCCOCCOCCNC(=O)c4cc(NC(=O)c5cc(F)cc(C(F)(F)F)c5)c5c(c4)C(=O)N[C@@H]5c4cc(F)ccc4Cl)ccc3C2=O)C(=O)N1. The number of hydrogen-bond acceptors (Lipinski definition) is 19. The summed E-state index contributed by atoms with van der Waals surface area (Å²) in [7, 11) is 0. The van der Waals surface area contributed by atoms with Crippen molar-refractivity contribution < 1.29 is 112 Å². The van der Waals surface area contributed by atoms with Gasteiger partial charge in [-0.2, -0.15) is 13.2 Å². The van der Waals surface area contributed by atoms with Crippen LogP contribution < -0.4 is 26.6 Å². The lowest BCUT2D eigenvalue weighted by molar-refractivity contribution is -0.138. The monoisotopic (exact) mass is 1350 g/mol. The second kappa shape index (κ2) is 39.6. The van der Waals surface area contributed by atoms with Gasteiger partial charge in [0.05, 0.1) is 170 Å². The third-order valence-corrected chi connectivity index (χ3v) is 14.5. The number of rotatable bonds is 45. The number of ether oxygens (including phenoxy) is 12. The van der Waals surface area contributed by atoms with E-state index < -0.39 is 64.7 Å². The molecule has 94 heavy (non-hydrogen) atoms. The first-order valence-corrected chi connectivity index (χ1v) is 30.8. The van der Waals surface area contributed by atoms with E-state index in [-0.39, 0.29) is 116 Å². The van der Waals surface area contributed by atoms with Gasteiger partial charge in [0.1, 0.15) is 17.7 Å². The first-order valence-electron chi connectivity index (χ1n) is 30.4. The largest absolute Gasteiger partial charge is 0.416 e. The van der Waals surface area contributed by atoms with E-state index >= 15 is 0 Å². The third kappa shape index (κ3) is 24.2. The lowest BCUT2D eigenvalue weighted by Crippen LogP contribution is -2.52. The van der Waals surface area contributed by atoms with Crippen molar-refractivity contribution in [1.29, 1.82) is 0 Å². The van der Waals surface area contributed by atoms with Crippen LogP contribution in [-0.2, 0) is 79.2 Å². The Kier molecular flexibility index (Phi) is 31.3. The van der Waals surface area contributed by atoms with E-state index in [1.165, 1.54) is 23.1 Å². The highest BCUT2D eigenvalue weighted by molar-refractivity contribution is 6.31. The predicted molar refractivity (Wildman–Crippen MR) is 323 cm³/mol. The smallest absolute Gasteiger partial charge is 0.377 e. The molecule has 0 aliphatic carbocycles. The number of imide groups is 1. The summed E-state index contributed by atoms with van der Waals surface area (Å²) in [6, 6.07) is 10.0. The van der Waals surface area contributed by atoms with Gasteiger partial charge in [-0.3, -0.25) is 38.9 Å². The minimum absolute atomic E-state index is 0.00895. The van der Waals surface area contributed by atoms with Crippen molar-refractivity contribution in [2.24, 2.45) is 0 Å². The van der Waals surface area contributed by atoms with Crippen molar-refractivity contribution in [2.45, 2.75) is 37.6 Å². The van der Waals surface area contributed by atoms with Crippen LogP contribution in [0, 0.1) is 11.6 Å². The molecular formula is C63H76ClF5N6O19. The number of anilines is 1. The molecule has 3 aliphatic rings. The van der Waals surface area contributed by atoms with E-state index in [2.05, 4.69) is 26.6 Å². The van der Waals surface area contributed by atoms with Gasteiger partial charge in [0.2, 0.25) is 11.8 Å². The molecule has 5 N–H and O–H groups in total. The highest BCUT2D eigenvalue weighted by Gasteiger charge is 2.40. The Morgan fingerprint density at radius 3 is 1.47 bits per heavy atom. The fourth-order valence-electron chi connectivity index (χ4n) is 9.63. The van der Waals surface area contributed by atoms with Gasteiger partial charge in [-0.25, -0.2) is 8.78 Å². The summed E-state index contributed by atoms with van der Waals surface area (Å²) < 4.78 is 135. The van der Waals surface area contributed by atoms with Gasteiger partial charge in [-0.1, -0.05) is 11.6 Å². The zero-order valence-corrected chi connectivity index (χ0v) is 52.2. The highest BCUT2D eigenvalue weighted by Crippen LogP contribution is 2.41. The quantitative estimate of drug-likeness (QED) is 0.0225. The predicted octanol–water partition coefficient (Wildman–Crippen LogP) is 4.84. The lowest BCUT2D eigenvalue weighted by atomic mass is 9.94. The fourth-order valence-corrected chi connectivity index (χ4v) is 9.86. The molecule has 514 valence electrons. The summed E-state index contributed by atoms with van der Waals surface area (Å²) in [5.41, 5.74) is -0.934. The number of amides is 7. The maximum atomic E-state index is 14.4. The van der Waals surface area contributed by atoms with Crippen LogP contribution in [0.15, 0.2) is 66.7 Å². The van der Waals surface area contributed by atoms with Gasteiger partial charge >= 0.3 is 6.18 Å². The van der Waals surface area contributed by atoms with E-state index in [0.29, 0.717) is 161 Å². The summed E-state index contributed by atoms with van der Waals surface area (Å²) in [5, 5.41) is 12.8. The Bertz CT molecular complexity index is 3170. The maximum Gasteiger partial charge on any atom is 0.416 e. The highest BCUT2D eigenvalue weighted by atomic mass is 35.5. The Hall–Kier alpha value is -7.17. The van der Waals surface area contributed by atoms with Gasteiger partial charge in [0.25, 0.3) is 29.5 Å². The number of piperidine rings is 1. The minimum Gasteiger partial charge on any atom is -0.377 e. The van der Waals surface area contributed by atoms with Crippen LogP contribution in [0.1, 0.15) is 92.9 Å². The summed E-state index contributed by atoms with van der Waals surface area (Å²) in [5.74, 6) is -6.09. The second-order valence-corrected chi connectivity index (χ2v) is 21.3. The molecule has 7 amide bonds. The molecule has 0 saturated carbocycles. The molecule has 0 spiro atoms. The van der Waals surface area contributed by atoms with Crippen molar-refractivity contribution in [3.63, 3.8) is 0 Å². The summed E-state index contributed by atoms with van der Waals surface area (Å²) >= 11 is 6.35. The van der Waals surface area contributed by atoms with Crippen molar-refractivity contribution in [1.82, 2.24) is 26.2 Å². The standard InChI is InChI=1S/C63H76ClF5N6O19/c64-51-4-2-46(65)39-49(51)56-55-50(60(80)74-56)36-43(37-52(55)72-59(79)42-34-45(63(67,68)69)38-47(66)35-42)58(78)71-8-10-84-12-14-86-16-18-88-20-22-90-24-26-92-28-30-94-32-31-93-29-27-91-25-23-89-21-19-87-17-15-85-13-11-83-9-7-70-57(77)41-1-3-48-44(33-41)40-75(62(48)82)53-5-6-54(76)73-61(53)81/h1-4,33-39,53,56H,5-32,40H2,(H,70,77)(H,71,78)(H,72,79)(H,74,80)(H,73,76,81)/t53?,56-/m1/s1. The zero-order chi connectivity index (χ0) is 67.1. The van der Waals surface area contributed by atoms with Crippen LogP contribution >= 0.6 is 11.6 Å². The van der Waals surface area contributed by atoms with Crippen molar-refractivity contribution >= 4 is 58.6 Å². The van der Waals surface area contributed by atoms with Crippen LogP contribution in [0.25, 0.3) is 0 Å². The molecule has 3 heterocycles. The number of carbonyl (C=O) groups is 7. The number of carbonyl (C=O) groups excluding carboxylic acids is 7. The van der Waals surface area contributed by atoms with Crippen LogP contribution in [0.2, 0.25) is 5.02 Å². The number of alkyl halides is 3. The van der Waals surface area contributed by atoms with Gasteiger partial charge in [-0.15, -0.1) is 0 Å².